The Labute approximate surface area is 187 Å². The summed E-state index contributed by atoms with van der Waals surface area (Å²) in [6.45, 7) is 4.40. The second-order valence-corrected chi connectivity index (χ2v) is 9.49. The smallest absolute Gasteiger partial charge is 0.336 e. The van der Waals surface area contributed by atoms with Crippen LogP contribution in [0.1, 0.15) is 54.1 Å². The van der Waals surface area contributed by atoms with E-state index < -0.39 is 0 Å². The molecule has 2 fully saturated rings. The lowest BCUT2D eigenvalue weighted by atomic mass is 9.84. The van der Waals surface area contributed by atoms with Crippen LogP contribution >= 0.6 is 0 Å². The summed E-state index contributed by atoms with van der Waals surface area (Å²) in [5.41, 5.74) is 2.67. The van der Waals surface area contributed by atoms with Gasteiger partial charge in [-0.25, -0.2) is 4.79 Å². The molecule has 1 heterocycles. The first-order chi connectivity index (χ1) is 15.5. The Bertz CT molecular complexity index is 1200. The molecule has 5 rings (SSSR count). The van der Waals surface area contributed by atoms with Crippen LogP contribution in [0.5, 0.6) is 5.75 Å². The quantitative estimate of drug-likeness (QED) is 0.542. The molecule has 5 nitrogen and oxygen atoms in total. The zero-order chi connectivity index (χ0) is 22.2. The van der Waals surface area contributed by atoms with Crippen molar-refractivity contribution in [1.82, 2.24) is 5.32 Å². The molecule has 4 atom stereocenters. The highest BCUT2D eigenvalue weighted by atomic mass is 16.5. The van der Waals surface area contributed by atoms with Gasteiger partial charge in [0.05, 0.1) is 0 Å². The van der Waals surface area contributed by atoms with E-state index in [2.05, 4.69) is 12.2 Å². The number of fused-ring (bicyclic) bond motifs is 3. The van der Waals surface area contributed by atoms with E-state index in [1.807, 2.05) is 43.3 Å². The molecule has 2 aromatic carbocycles. The summed E-state index contributed by atoms with van der Waals surface area (Å²) in [4.78, 5) is 24.3. The molecule has 1 N–H and O–H groups in total. The standard InChI is InChI=1S/C27H29NO4/c1-16-11-26(29)32-25-14-22(9-10-23(16)25)31-15-18-3-6-20(7-4-18)27(30)28-17(2)24-13-19-5-8-21(24)12-19/h3-4,6-7,9-11,14,17,19,21,24H,5,8,12-13,15H2,1-2H3,(H,28,30)/t17-,19-,21-,24+/m0/s1. The molecule has 1 aromatic heterocycles. The van der Waals surface area contributed by atoms with E-state index in [9.17, 15) is 9.59 Å². The summed E-state index contributed by atoms with van der Waals surface area (Å²) < 4.78 is 11.2. The number of aryl methyl sites for hydroxylation is 1. The molecule has 5 heteroatoms. The lowest BCUT2D eigenvalue weighted by Gasteiger charge is -2.28. The van der Waals surface area contributed by atoms with Crippen LogP contribution in [0.2, 0.25) is 0 Å². The molecule has 2 bridgehead atoms. The molecule has 32 heavy (non-hydrogen) atoms. The highest BCUT2D eigenvalue weighted by Gasteiger charge is 2.42. The van der Waals surface area contributed by atoms with Crippen molar-refractivity contribution in [3.8, 4) is 5.75 Å². The lowest BCUT2D eigenvalue weighted by Crippen LogP contribution is -2.40. The molecule has 0 spiro atoms. The van der Waals surface area contributed by atoms with E-state index in [1.165, 1.54) is 31.7 Å². The largest absolute Gasteiger partial charge is 0.489 e. The maximum absolute atomic E-state index is 12.7. The number of amides is 1. The van der Waals surface area contributed by atoms with E-state index in [-0.39, 0.29) is 17.6 Å². The minimum Gasteiger partial charge on any atom is -0.489 e. The van der Waals surface area contributed by atoms with Gasteiger partial charge in [0.1, 0.15) is 17.9 Å². The third-order valence-electron chi connectivity index (χ3n) is 7.34. The minimum atomic E-state index is -0.365. The first-order valence-electron chi connectivity index (χ1n) is 11.5. The summed E-state index contributed by atoms with van der Waals surface area (Å²) >= 11 is 0. The van der Waals surface area contributed by atoms with Gasteiger partial charge < -0.3 is 14.5 Å². The van der Waals surface area contributed by atoms with Gasteiger partial charge >= 0.3 is 5.63 Å². The Kier molecular flexibility index (Phi) is 5.50. The number of nitrogens with one attached hydrogen (secondary N) is 1. The minimum absolute atomic E-state index is 0.00679. The topological polar surface area (TPSA) is 68.5 Å². The fraction of sp³-hybridized carbons (Fsp3) is 0.407. The van der Waals surface area contributed by atoms with E-state index in [0.717, 1.165) is 28.3 Å². The van der Waals surface area contributed by atoms with Crippen LogP contribution in [-0.2, 0) is 6.61 Å². The van der Waals surface area contributed by atoms with E-state index in [0.29, 0.717) is 29.4 Å². The van der Waals surface area contributed by atoms with Crippen molar-refractivity contribution in [2.75, 3.05) is 0 Å². The number of carbonyl (C=O) groups is 1. The Morgan fingerprint density at radius 3 is 2.66 bits per heavy atom. The Balaban J connectivity index is 1.19. The number of rotatable bonds is 6. The fourth-order valence-corrected chi connectivity index (χ4v) is 5.62. The van der Waals surface area contributed by atoms with Gasteiger partial charge in [-0.15, -0.1) is 0 Å². The maximum atomic E-state index is 12.7. The predicted molar refractivity (Wildman–Crippen MR) is 124 cm³/mol. The van der Waals surface area contributed by atoms with Crippen molar-refractivity contribution >= 4 is 16.9 Å². The van der Waals surface area contributed by atoms with Gasteiger partial charge in [0.2, 0.25) is 0 Å². The van der Waals surface area contributed by atoms with Crippen LogP contribution in [0.4, 0.5) is 0 Å². The summed E-state index contributed by atoms with van der Waals surface area (Å²) in [6.07, 6.45) is 5.31. The van der Waals surface area contributed by atoms with E-state index in [1.54, 1.807) is 6.07 Å². The number of ether oxygens (including phenoxy) is 1. The van der Waals surface area contributed by atoms with Gasteiger partial charge in [-0.1, -0.05) is 18.6 Å². The van der Waals surface area contributed by atoms with E-state index in [4.69, 9.17) is 9.15 Å². The van der Waals surface area contributed by atoms with Crippen molar-refractivity contribution in [2.24, 2.45) is 17.8 Å². The van der Waals surface area contributed by atoms with Crippen molar-refractivity contribution in [2.45, 2.75) is 52.2 Å². The Morgan fingerprint density at radius 1 is 1.12 bits per heavy atom. The SMILES string of the molecule is Cc1cc(=O)oc2cc(OCc3ccc(C(=O)N[C@@H](C)[C@H]4C[C@H]5CC[C@H]4C5)cc3)ccc12. The second-order valence-electron chi connectivity index (χ2n) is 9.49. The lowest BCUT2D eigenvalue weighted by molar-refractivity contribution is 0.0915. The highest BCUT2D eigenvalue weighted by molar-refractivity contribution is 5.94. The zero-order valence-electron chi connectivity index (χ0n) is 18.6. The number of benzene rings is 2. The zero-order valence-corrected chi connectivity index (χ0v) is 18.6. The molecule has 2 aliphatic rings. The summed E-state index contributed by atoms with van der Waals surface area (Å²) in [6, 6.07) is 14.8. The molecule has 0 aliphatic heterocycles. The van der Waals surface area contributed by atoms with Crippen molar-refractivity contribution in [3.05, 3.63) is 75.6 Å². The molecule has 3 aromatic rings. The monoisotopic (exact) mass is 431 g/mol. The fourth-order valence-electron chi connectivity index (χ4n) is 5.62. The maximum Gasteiger partial charge on any atom is 0.336 e. The van der Waals surface area contributed by atoms with Crippen molar-refractivity contribution < 1.29 is 13.9 Å². The Morgan fingerprint density at radius 2 is 1.94 bits per heavy atom. The summed E-state index contributed by atoms with van der Waals surface area (Å²) in [5, 5.41) is 4.12. The average Bonchev–Trinajstić information content (AvgIpc) is 3.41. The molecule has 0 radical (unpaired) electrons. The van der Waals surface area contributed by atoms with Crippen LogP contribution in [0.3, 0.4) is 0 Å². The molecule has 1 amide bonds. The second kappa shape index (κ2) is 8.45. The first-order valence-corrected chi connectivity index (χ1v) is 11.5. The number of hydrogen-bond acceptors (Lipinski definition) is 4. The molecule has 0 saturated heterocycles. The van der Waals surface area contributed by atoms with Crippen molar-refractivity contribution in [1.29, 1.82) is 0 Å². The Hall–Kier alpha value is -3.08. The van der Waals surface area contributed by atoms with Crippen LogP contribution in [0.25, 0.3) is 11.0 Å². The van der Waals surface area contributed by atoms with Gasteiger partial charge in [0.15, 0.2) is 0 Å². The molecule has 166 valence electrons. The summed E-state index contributed by atoms with van der Waals surface area (Å²) in [7, 11) is 0. The molecule has 0 unspecified atom stereocenters. The third kappa shape index (κ3) is 4.16. The van der Waals surface area contributed by atoms with Gasteiger partial charge in [-0.3, -0.25) is 4.79 Å². The first kappa shape index (κ1) is 20.8. The van der Waals surface area contributed by atoms with Crippen LogP contribution in [0, 0.1) is 24.7 Å². The third-order valence-corrected chi connectivity index (χ3v) is 7.34. The molecule has 2 saturated carbocycles. The van der Waals surface area contributed by atoms with Crippen molar-refractivity contribution in [3.63, 3.8) is 0 Å². The van der Waals surface area contributed by atoms with Crippen LogP contribution in [-0.4, -0.2) is 11.9 Å². The summed E-state index contributed by atoms with van der Waals surface area (Å²) in [5.74, 6) is 2.93. The molecule has 2 aliphatic carbocycles. The number of carbonyl (C=O) groups excluding carboxylic acids is 1. The van der Waals surface area contributed by atoms with Crippen LogP contribution in [0.15, 0.2) is 57.7 Å². The molecular formula is C27H29NO4. The van der Waals surface area contributed by atoms with Gasteiger partial charge in [-0.05, 0) is 86.3 Å². The van der Waals surface area contributed by atoms with E-state index >= 15 is 0 Å². The highest BCUT2D eigenvalue weighted by Crippen LogP contribution is 2.49. The number of hydrogen-bond donors (Lipinski definition) is 1. The van der Waals surface area contributed by atoms with Crippen LogP contribution < -0.4 is 15.7 Å². The van der Waals surface area contributed by atoms with Gasteiger partial charge in [-0.2, -0.15) is 0 Å². The predicted octanol–water partition coefficient (Wildman–Crippen LogP) is 5.23. The molecular weight excluding hydrogens is 402 g/mol. The van der Waals surface area contributed by atoms with Gasteiger partial charge in [0.25, 0.3) is 5.91 Å². The normalized spacial score (nSPS) is 22.8. The van der Waals surface area contributed by atoms with Gasteiger partial charge in [0, 0.05) is 29.1 Å². The average molecular weight is 432 g/mol.